The molecule has 18 heteroatoms. The third-order valence-electron chi connectivity index (χ3n) is 3.74. The van der Waals surface area contributed by atoms with Gasteiger partial charge in [0.05, 0.1) is 0 Å². The molecule has 0 aliphatic carbocycles. The first-order chi connectivity index (χ1) is 18.5. The summed E-state index contributed by atoms with van der Waals surface area (Å²) < 4.78 is 0. The Balaban J connectivity index is -0.000000498. The fourth-order valence-electron chi connectivity index (χ4n) is 2.14. The lowest BCUT2D eigenvalue weighted by Crippen LogP contribution is -2.20. The summed E-state index contributed by atoms with van der Waals surface area (Å²) in [7, 11) is 8.43. The van der Waals surface area contributed by atoms with Crippen LogP contribution in [-0.4, -0.2) is 110 Å². The van der Waals surface area contributed by atoms with Crippen LogP contribution in [0.5, 0.6) is 0 Å². The SMILES string of the molecule is CO/N=C(C(/C)=N/O)\C(C)=N\OC.CO/N=C(C(/C)=N\O)\C(C)=N\OC.CO/N=C(C)/C(=N/OC)C(/C)=N/O. The van der Waals surface area contributed by atoms with E-state index in [9.17, 15) is 0 Å². The highest BCUT2D eigenvalue weighted by Gasteiger charge is 2.11. The van der Waals surface area contributed by atoms with Gasteiger partial charge in [-0.2, -0.15) is 0 Å². The minimum absolute atomic E-state index is 0.306. The predicted molar refractivity (Wildman–Crippen MR) is 148 cm³/mol. The topological polar surface area (TPSA) is 227 Å². The first-order valence-corrected chi connectivity index (χ1v) is 10.7. The van der Waals surface area contributed by atoms with Gasteiger partial charge in [0.25, 0.3) is 0 Å². The normalized spacial score (nSPS) is 14.3. The molecule has 0 spiro atoms. The Labute approximate surface area is 227 Å². The van der Waals surface area contributed by atoms with Crippen molar-refractivity contribution in [3.63, 3.8) is 0 Å². The average Bonchev–Trinajstić information content (AvgIpc) is 2.93. The summed E-state index contributed by atoms with van der Waals surface area (Å²) in [6.45, 7) is 9.72. The van der Waals surface area contributed by atoms with E-state index in [-0.39, 0.29) is 0 Å². The van der Waals surface area contributed by atoms with E-state index >= 15 is 0 Å². The van der Waals surface area contributed by atoms with Crippen LogP contribution in [-0.2, 0) is 29.0 Å². The molecule has 0 radical (unpaired) electrons. The van der Waals surface area contributed by atoms with Gasteiger partial charge in [0.15, 0.2) is 17.1 Å². The lowest BCUT2D eigenvalue weighted by atomic mass is 10.2. The van der Waals surface area contributed by atoms with Crippen LogP contribution >= 0.6 is 0 Å². The Bertz CT molecular complexity index is 860. The number of hydrogen-bond acceptors (Lipinski definition) is 18. The van der Waals surface area contributed by atoms with E-state index in [1.807, 2.05) is 0 Å². The van der Waals surface area contributed by atoms with E-state index in [1.54, 1.807) is 41.5 Å². The van der Waals surface area contributed by atoms with E-state index in [2.05, 4.69) is 75.4 Å². The van der Waals surface area contributed by atoms with Crippen molar-refractivity contribution in [2.75, 3.05) is 42.7 Å². The van der Waals surface area contributed by atoms with Gasteiger partial charge >= 0.3 is 0 Å². The highest BCUT2D eigenvalue weighted by Crippen LogP contribution is 1.93. The lowest BCUT2D eigenvalue weighted by molar-refractivity contribution is 0.210. The van der Waals surface area contributed by atoms with Crippen molar-refractivity contribution in [3.8, 4) is 0 Å². The van der Waals surface area contributed by atoms with Crippen molar-refractivity contribution in [2.24, 2.45) is 46.4 Å². The lowest BCUT2D eigenvalue weighted by Gasteiger charge is -2.01. The highest BCUT2D eigenvalue weighted by atomic mass is 16.6. The Kier molecular flexibility index (Phi) is 24.7. The number of hydrogen-bond donors (Lipinski definition) is 3. The minimum Gasteiger partial charge on any atom is -0.411 e. The molecule has 18 nitrogen and oxygen atoms in total. The van der Waals surface area contributed by atoms with Crippen LogP contribution in [0.25, 0.3) is 0 Å². The average molecular weight is 562 g/mol. The largest absolute Gasteiger partial charge is 0.411 e. The van der Waals surface area contributed by atoms with Gasteiger partial charge in [-0.3, -0.25) is 0 Å². The molecule has 0 aromatic rings. The molecule has 0 atom stereocenters. The van der Waals surface area contributed by atoms with Crippen molar-refractivity contribution >= 4 is 51.4 Å². The molecule has 222 valence electrons. The monoisotopic (exact) mass is 561 g/mol. The first-order valence-electron chi connectivity index (χ1n) is 10.7. The zero-order valence-electron chi connectivity index (χ0n) is 24.3. The molecule has 0 heterocycles. The maximum Gasteiger partial charge on any atom is 0.151 e. The van der Waals surface area contributed by atoms with Gasteiger partial charge in [-0.25, -0.2) is 0 Å². The number of rotatable bonds is 12. The molecule has 0 saturated carbocycles. The molecule has 0 amide bonds. The van der Waals surface area contributed by atoms with E-state index < -0.39 is 0 Å². The van der Waals surface area contributed by atoms with Crippen molar-refractivity contribution in [3.05, 3.63) is 0 Å². The maximum atomic E-state index is 8.50. The van der Waals surface area contributed by atoms with Crippen LogP contribution in [0.1, 0.15) is 41.5 Å². The van der Waals surface area contributed by atoms with Crippen LogP contribution in [0.2, 0.25) is 0 Å². The van der Waals surface area contributed by atoms with Crippen LogP contribution in [0.3, 0.4) is 0 Å². The molecular weight excluding hydrogens is 522 g/mol. The van der Waals surface area contributed by atoms with Crippen molar-refractivity contribution in [1.82, 2.24) is 0 Å². The fraction of sp³-hybridized carbons (Fsp3) is 0.571. The highest BCUT2D eigenvalue weighted by molar-refractivity contribution is 6.68. The summed E-state index contributed by atoms with van der Waals surface area (Å²) in [5.41, 5.74) is 3.35. The standard InChI is InChI=1S/3C7H13N3O3/c3*1-5(8-11)7(10-13-4)6(2)9-12-3/h3*11H,1-4H3/b8-5+,9-6+,10-7+;8-5+,9-6+,10-7-;8-5-,9-6+,10-7-. The maximum absolute atomic E-state index is 8.50. The minimum atomic E-state index is 0.306. The zero-order chi connectivity index (χ0) is 30.8. The second-order valence-electron chi connectivity index (χ2n) is 6.50. The predicted octanol–water partition coefficient (Wildman–Crippen LogP) is 2.58. The third-order valence-corrected chi connectivity index (χ3v) is 3.74. The first kappa shape index (κ1) is 38.8. The van der Waals surface area contributed by atoms with Crippen LogP contribution in [0, 0.1) is 0 Å². The summed E-state index contributed by atoms with van der Waals surface area (Å²) >= 11 is 0. The molecule has 0 aromatic heterocycles. The Morgan fingerprint density at radius 1 is 0.333 bits per heavy atom. The van der Waals surface area contributed by atoms with Gasteiger partial charge in [-0.15, -0.1) is 0 Å². The molecular formula is C21H39N9O9. The molecule has 39 heavy (non-hydrogen) atoms. The third kappa shape index (κ3) is 17.3. The van der Waals surface area contributed by atoms with Crippen LogP contribution < -0.4 is 0 Å². The van der Waals surface area contributed by atoms with Gasteiger partial charge in [0.1, 0.15) is 76.9 Å². The van der Waals surface area contributed by atoms with Crippen LogP contribution in [0.15, 0.2) is 46.4 Å². The zero-order valence-corrected chi connectivity index (χ0v) is 24.3. The number of nitrogens with zero attached hydrogens (tertiary/aromatic N) is 9. The van der Waals surface area contributed by atoms with Crippen molar-refractivity contribution < 1.29 is 44.6 Å². The number of oxime groups is 9. The van der Waals surface area contributed by atoms with E-state index in [0.29, 0.717) is 51.4 Å². The van der Waals surface area contributed by atoms with Crippen molar-refractivity contribution in [1.29, 1.82) is 0 Å². The molecule has 0 fully saturated rings. The molecule has 0 aromatic carbocycles. The molecule has 0 saturated heterocycles. The van der Waals surface area contributed by atoms with Crippen molar-refractivity contribution in [2.45, 2.75) is 41.5 Å². The van der Waals surface area contributed by atoms with E-state index in [1.165, 1.54) is 42.7 Å². The van der Waals surface area contributed by atoms with Gasteiger partial charge in [-0.1, -0.05) is 46.4 Å². The Morgan fingerprint density at radius 2 is 0.513 bits per heavy atom. The Morgan fingerprint density at radius 3 is 0.641 bits per heavy atom. The van der Waals surface area contributed by atoms with Gasteiger partial charge < -0.3 is 44.6 Å². The summed E-state index contributed by atoms with van der Waals surface area (Å²) in [6.07, 6.45) is 0. The molecule has 0 aliphatic heterocycles. The molecule has 0 rings (SSSR count). The summed E-state index contributed by atoms with van der Waals surface area (Å²) in [6, 6.07) is 0. The second kappa shape index (κ2) is 24.9. The van der Waals surface area contributed by atoms with E-state index in [0.717, 1.165) is 0 Å². The van der Waals surface area contributed by atoms with Gasteiger partial charge in [-0.05, 0) is 41.5 Å². The summed E-state index contributed by atoms with van der Waals surface area (Å²) in [5, 5.41) is 56.2. The van der Waals surface area contributed by atoms with Gasteiger partial charge in [0, 0.05) is 0 Å². The Hall–Kier alpha value is -4.77. The second-order valence-corrected chi connectivity index (χ2v) is 6.50. The molecule has 3 N–H and O–H groups in total. The van der Waals surface area contributed by atoms with Gasteiger partial charge in [0.2, 0.25) is 0 Å². The quantitative estimate of drug-likeness (QED) is 0.180. The smallest absolute Gasteiger partial charge is 0.151 e. The molecule has 0 unspecified atom stereocenters. The molecule has 0 bridgehead atoms. The summed E-state index contributed by atoms with van der Waals surface area (Å²) in [4.78, 5) is 27.3. The summed E-state index contributed by atoms with van der Waals surface area (Å²) in [5.74, 6) is 0. The molecule has 0 aliphatic rings. The van der Waals surface area contributed by atoms with E-state index in [4.69, 9.17) is 15.6 Å². The van der Waals surface area contributed by atoms with Crippen LogP contribution in [0.4, 0.5) is 0 Å². The fourth-order valence-corrected chi connectivity index (χ4v) is 2.14.